The number of ether oxygens (including phenoxy) is 1. The van der Waals surface area contributed by atoms with Crippen LogP contribution in [-0.2, 0) is 16.0 Å². The third kappa shape index (κ3) is 6.29. The number of methoxy groups -OCH3 is 1. The highest BCUT2D eigenvalue weighted by molar-refractivity contribution is 5.80. The van der Waals surface area contributed by atoms with E-state index < -0.39 is 0 Å². The number of rotatable bonds is 9. The molecule has 0 atom stereocenters. The Labute approximate surface area is 126 Å². The van der Waals surface area contributed by atoms with Gasteiger partial charge in [-0.2, -0.15) is 0 Å². The molecule has 0 saturated heterocycles. The lowest BCUT2D eigenvalue weighted by Crippen LogP contribution is -2.35. The van der Waals surface area contributed by atoms with Crippen molar-refractivity contribution in [3.63, 3.8) is 0 Å². The van der Waals surface area contributed by atoms with Crippen molar-refractivity contribution in [2.24, 2.45) is 5.73 Å². The molecule has 5 heteroatoms. The van der Waals surface area contributed by atoms with Crippen molar-refractivity contribution in [1.82, 2.24) is 4.90 Å². The fourth-order valence-corrected chi connectivity index (χ4v) is 1.99. The Morgan fingerprint density at radius 3 is 2.38 bits per heavy atom. The van der Waals surface area contributed by atoms with Crippen LogP contribution in [-0.4, -0.2) is 36.9 Å². The Bertz CT molecular complexity index is 457. The smallest absolute Gasteiger partial charge is 0.227 e. The van der Waals surface area contributed by atoms with Crippen molar-refractivity contribution >= 4 is 11.8 Å². The highest BCUT2D eigenvalue weighted by Crippen LogP contribution is 2.12. The molecule has 1 aromatic carbocycles. The van der Waals surface area contributed by atoms with Crippen LogP contribution in [0, 0.1) is 0 Å². The molecule has 1 rings (SSSR count). The van der Waals surface area contributed by atoms with Gasteiger partial charge in [-0.3, -0.25) is 9.59 Å². The zero-order valence-electron chi connectivity index (χ0n) is 12.8. The number of unbranched alkanes of at least 4 members (excludes halogenated alkanes) is 1. The molecular formula is C16H24N2O3. The molecule has 2 N–H and O–H groups in total. The van der Waals surface area contributed by atoms with Crippen molar-refractivity contribution < 1.29 is 14.3 Å². The normalized spacial score (nSPS) is 10.2. The molecule has 0 aliphatic rings. The molecular weight excluding hydrogens is 268 g/mol. The summed E-state index contributed by atoms with van der Waals surface area (Å²) in [7, 11) is 1.61. The van der Waals surface area contributed by atoms with Crippen LogP contribution in [0.15, 0.2) is 24.3 Å². The number of nitrogens with two attached hydrogens (primary N) is 1. The first-order valence-corrected chi connectivity index (χ1v) is 7.25. The first-order chi connectivity index (χ1) is 10.1. The van der Waals surface area contributed by atoms with E-state index in [0.29, 0.717) is 19.5 Å². The summed E-state index contributed by atoms with van der Waals surface area (Å²) < 4.78 is 5.09. The van der Waals surface area contributed by atoms with Crippen LogP contribution in [0.3, 0.4) is 0 Å². The van der Waals surface area contributed by atoms with E-state index in [4.69, 9.17) is 10.5 Å². The minimum Gasteiger partial charge on any atom is -0.497 e. The van der Waals surface area contributed by atoms with Gasteiger partial charge in [-0.25, -0.2) is 0 Å². The summed E-state index contributed by atoms with van der Waals surface area (Å²) in [5.74, 6) is 0.409. The van der Waals surface area contributed by atoms with Crippen LogP contribution in [0.25, 0.3) is 0 Å². The Kier molecular flexibility index (Phi) is 7.29. The average molecular weight is 292 g/mol. The van der Waals surface area contributed by atoms with Crippen molar-refractivity contribution in [2.75, 3.05) is 20.2 Å². The molecule has 5 nitrogen and oxygen atoms in total. The van der Waals surface area contributed by atoms with Crippen LogP contribution in [0.1, 0.15) is 31.7 Å². The highest BCUT2D eigenvalue weighted by atomic mass is 16.5. The zero-order valence-corrected chi connectivity index (χ0v) is 12.8. The lowest BCUT2D eigenvalue weighted by atomic mass is 10.1. The molecule has 0 aromatic heterocycles. The van der Waals surface area contributed by atoms with Gasteiger partial charge in [0.1, 0.15) is 5.75 Å². The minimum atomic E-state index is -0.381. The van der Waals surface area contributed by atoms with Gasteiger partial charge in [-0.05, 0) is 24.1 Å². The van der Waals surface area contributed by atoms with Gasteiger partial charge in [0.25, 0.3) is 0 Å². The summed E-state index contributed by atoms with van der Waals surface area (Å²) in [6.07, 6.45) is 2.46. The van der Waals surface area contributed by atoms with Gasteiger partial charge in [0, 0.05) is 19.5 Å². The fourth-order valence-electron chi connectivity index (χ4n) is 1.99. The predicted octanol–water partition coefficient (Wildman–Crippen LogP) is 1.74. The number of nitrogens with zero attached hydrogens (tertiary/aromatic N) is 1. The second kappa shape index (κ2) is 9.00. The summed E-state index contributed by atoms with van der Waals surface area (Å²) in [5, 5.41) is 0. The van der Waals surface area contributed by atoms with Crippen LogP contribution in [0.4, 0.5) is 0 Å². The monoisotopic (exact) mass is 292 g/mol. The number of carbonyl (C=O) groups is 2. The van der Waals surface area contributed by atoms with Gasteiger partial charge in [0.2, 0.25) is 11.8 Å². The average Bonchev–Trinajstić information content (AvgIpc) is 2.47. The Balaban J connectivity index is 2.62. The standard InChI is InChI=1S/C16H24N2O3/c1-3-4-10-18(11-9-15(17)19)16(20)12-13-5-7-14(21-2)8-6-13/h5-8H,3-4,9-12H2,1-2H3,(H2,17,19). The van der Waals surface area contributed by atoms with Gasteiger partial charge >= 0.3 is 0 Å². The van der Waals surface area contributed by atoms with Crippen molar-refractivity contribution in [3.05, 3.63) is 29.8 Å². The molecule has 0 heterocycles. The molecule has 21 heavy (non-hydrogen) atoms. The van der Waals surface area contributed by atoms with Crippen LogP contribution in [0.5, 0.6) is 5.75 Å². The maximum atomic E-state index is 12.3. The number of primary amides is 1. The minimum absolute atomic E-state index is 0.0230. The molecule has 116 valence electrons. The molecule has 0 saturated carbocycles. The zero-order chi connectivity index (χ0) is 15.7. The van der Waals surface area contributed by atoms with E-state index in [1.807, 2.05) is 24.3 Å². The lowest BCUT2D eigenvalue weighted by Gasteiger charge is -2.22. The molecule has 0 fully saturated rings. The van der Waals surface area contributed by atoms with Crippen molar-refractivity contribution in [1.29, 1.82) is 0 Å². The van der Waals surface area contributed by atoms with Crippen molar-refractivity contribution in [2.45, 2.75) is 32.6 Å². The number of benzene rings is 1. The summed E-state index contributed by atoms with van der Waals surface area (Å²) in [6, 6.07) is 7.43. The van der Waals surface area contributed by atoms with E-state index in [1.165, 1.54) is 0 Å². The first-order valence-electron chi connectivity index (χ1n) is 7.25. The van der Waals surface area contributed by atoms with E-state index in [2.05, 4.69) is 6.92 Å². The molecule has 0 bridgehead atoms. The number of hydrogen-bond donors (Lipinski definition) is 1. The Hall–Kier alpha value is -2.04. The molecule has 1 aromatic rings. The van der Waals surface area contributed by atoms with Gasteiger partial charge < -0.3 is 15.4 Å². The van der Waals surface area contributed by atoms with Gasteiger partial charge in [0.05, 0.1) is 13.5 Å². The third-order valence-electron chi connectivity index (χ3n) is 3.28. The molecule has 0 aliphatic heterocycles. The second-order valence-corrected chi connectivity index (χ2v) is 4.98. The largest absolute Gasteiger partial charge is 0.497 e. The summed E-state index contributed by atoms with van der Waals surface area (Å²) in [4.78, 5) is 24.9. The maximum Gasteiger partial charge on any atom is 0.227 e. The number of hydrogen-bond acceptors (Lipinski definition) is 3. The van der Waals surface area contributed by atoms with Gasteiger partial charge in [-0.15, -0.1) is 0 Å². The van der Waals surface area contributed by atoms with E-state index in [1.54, 1.807) is 12.0 Å². The molecule has 0 unspecified atom stereocenters. The molecule has 0 aliphatic carbocycles. The topological polar surface area (TPSA) is 72.6 Å². The Morgan fingerprint density at radius 2 is 1.86 bits per heavy atom. The molecule has 0 radical (unpaired) electrons. The van der Waals surface area contributed by atoms with E-state index in [9.17, 15) is 9.59 Å². The molecule has 0 spiro atoms. The summed E-state index contributed by atoms with van der Waals surface area (Å²) in [6.45, 7) is 3.13. The van der Waals surface area contributed by atoms with E-state index >= 15 is 0 Å². The predicted molar refractivity (Wildman–Crippen MR) is 82.0 cm³/mol. The number of amides is 2. The SMILES string of the molecule is CCCCN(CCC(N)=O)C(=O)Cc1ccc(OC)cc1. The first kappa shape index (κ1) is 17.0. The summed E-state index contributed by atoms with van der Waals surface area (Å²) >= 11 is 0. The van der Waals surface area contributed by atoms with Crippen LogP contribution < -0.4 is 10.5 Å². The van der Waals surface area contributed by atoms with Crippen molar-refractivity contribution in [3.8, 4) is 5.75 Å². The third-order valence-corrected chi connectivity index (χ3v) is 3.28. The lowest BCUT2D eigenvalue weighted by molar-refractivity contribution is -0.131. The van der Waals surface area contributed by atoms with Crippen LogP contribution >= 0.6 is 0 Å². The van der Waals surface area contributed by atoms with Gasteiger partial charge in [-0.1, -0.05) is 25.5 Å². The number of carbonyl (C=O) groups excluding carboxylic acids is 2. The highest BCUT2D eigenvalue weighted by Gasteiger charge is 2.14. The quantitative estimate of drug-likeness (QED) is 0.753. The maximum absolute atomic E-state index is 12.3. The Morgan fingerprint density at radius 1 is 1.19 bits per heavy atom. The van der Waals surface area contributed by atoms with Gasteiger partial charge in [0.15, 0.2) is 0 Å². The van der Waals surface area contributed by atoms with E-state index in [0.717, 1.165) is 24.2 Å². The van der Waals surface area contributed by atoms with E-state index in [-0.39, 0.29) is 18.2 Å². The second-order valence-electron chi connectivity index (χ2n) is 4.98. The van der Waals surface area contributed by atoms with Crippen LogP contribution in [0.2, 0.25) is 0 Å². The fraction of sp³-hybridized carbons (Fsp3) is 0.500. The summed E-state index contributed by atoms with van der Waals surface area (Å²) in [5.41, 5.74) is 6.10. The molecule has 2 amide bonds.